The molecule has 0 spiro atoms. The normalized spacial score (nSPS) is 19.6. The number of nitrogens with one attached hydrogen (secondary N) is 1. The van der Waals surface area contributed by atoms with Gasteiger partial charge in [0.05, 0.1) is 12.8 Å². The molecular weight excluding hydrogens is 276 g/mol. The lowest BCUT2D eigenvalue weighted by atomic mass is 9.95. The highest BCUT2D eigenvalue weighted by atomic mass is 35.5. The van der Waals surface area contributed by atoms with Crippen molar-refractivity contribution in [3.8, 4) is 5.75 Å². The van der Waals surface area contributed by atoms with Crippen LogP contribution in [0.4, 0.5) is 5.69 Å². The van der Waals surface area contributed by atoms with E-state index in [4.69, 9.17) is 16.3 Å². The average molecular weight is 297 g/mol. The van der Waals surface area contributed by atoms with Gasteiger partial charge >= 0.3 is 0 Å². The molecule has 1 aliphatic rings. The number of hydrogen-bond acceptors (Lipinski definition) is 3. The third-order valence-electron chi connectivity index (χ3n) is 3.63. The maximum atomic E-state index is 12.1. The molecule has 20 heavy (non-hydrogen) atoms. The fourth-order valence-corrected chi connectivity index (χ4v) is 2.85. The van der Waals surface area contributed by atoms with Gasteiger partial charge in [-0.1, -0.05) is 11.6 Å². The number of methoxy groups -OCH3 is 1. The summed E-state index contributed by atoms with van der Waals surface area (Å²) in [7, 11) is 3.68. The molecule has 0 radical (unpaired) electrons. The van der Waals surface area contributed by atoms with Gasteiger partial charge in [0.2, 0.25) is 5.91 Å². The van der Waals surface area contributed by atoms with Gasteiger partial charge in [0, 0.05) is 18.0 Å². The van der Waals surface area contributed by atoms with Crippen LogP contribution >= 0.6 is 11.6 Å². The SMILES string of the molecule is COc1ccc(Cl)cc1NC(=O)CC1CCCN(C)C1. The lowest BCUT2D eigenvalue weighted by molar-refractivity contribution is -0.117. The Labute approximate surface area is 125 Å². The zero-order chi connectivity index (χ0) is 14.5. The summed E-state index contributed by atoms with van der Waals surface area (Å²) in [4.78, 5) is 14.4. The minimum Gasteiger partial charge on any atom is -0.495 e. The molecule has 110 valence electrons. The number of hydrogen-bond donors (Lipinski definition) is 1. The first-order valence-corrected chi connectivity index (χ1v) is 7.28. The summed E-state index contributed by atoms with van der Waals surface area (Å²) in [6.07, 6.45) is 2.82. The molecule has 0 bridgehead atoms. The summed E-state index contributed by atoms with van der Waals surface area (Å²) in [5.74, 6) is 1.08. The Morgan fingerprint density at radius 1 is 1.55 bits per heavy atom. The quantitative estimate of drug-likeness (QED) is 0.928. The van der Waals surface area contributed by atoms with Gasteiger partial charge in [-0.3, -0.25) is 4.79 Å². The molecule has 2 rings (SSSR count). The van der Waals surface area contributed by atoms with Crippen LogP contribution in [0.1, 0.15) is 19.3 Å². The van der Waals surface area contributed by atoms with Gasteiger partial charge in [0.15, 0.2) is 0 Å². The predicted octanol–water partition coefficient (Wildman–Crippen LogP) is 3.02. The van der Waals surface area contributed by atoms with Crippen molar-refractivity contribution < 1.29 is 9.53 Å². The van der Waals surface area contributed by atoms with E-state index in [0.29, 0.717) is 28.8 Å². The lowest BCUT2D eigenvalue weighted by Crippen LogP contribution is -2.34. The Morgan fingerprint density at radius 3 is 3.05 bits per heavy atom. The van der Waals surface area contributed by atoms with Crippen LogP contribution in [0.25, 0.3) is 0 Å². The molecule has 1 aromatic rings. The number of ether oxygens (including phenoxy) is 1. The van der Waals surface area contributed by atoms with Crippen LogP contribution in [0.3, 0.4) is 0 Å². The van der Waals surface area contributed by atoms with Crippen LogP contribution in [0, 0.1) is 5.92 Å². The summed E-state index contributed by atoms with van der Waals surface area (Å²) < 4.78 is 5.23. The highest BCUT2D eigenvalue weighted by molar-refractivity contribution is 6.31. The second kappa shape index (κ2) is 6.95. The van der Waals surface area contributed by atoms with E-state index in [1.807, 2.05) is 0 Å². The van der Waals surface area contributed by atoms with Crippen molar-refractivity contribution in [1.29, 1.82) is 0 Å². The van der Waals surface area contributed by atoms with Crippen LogP contribution in [0.15, 0.2) is 18.2 Å². The molecular formula is C15H21ClN2O2. The maximum absolute atomic E-state index is 12.1. The van der Waals surface area contributed by atoms with E-state index < -0.39 is 0 Å². The summed E-state index contributed by atoms with van der Waals surface area (Å²) >= 11 is 5.95. The molecule has 4 nitrogen and oxygen atoms in total. The second-order valence-electron chi connectivity index (χ2n) is 5.37. The Bertz CT molecular complexity index is 479. The van der Waals surface area contributed by atoms with E-state index >= 15 is 0 Å². The van der Waals surface area contributed by atoms with Crippen molar-refractivity contribution in [2.24, 2.45) is 5.92 Å². The third-order valence-corrected chi connectivity index (χ3v) is 3.87. The number of nitrogens with zero attached hydrogens (tertiary/aromatic N) is 1. The first-order valence-electron chi connectivity index (χ1n) is 6.90. The number of carbonyl (C=O) groups is 1. The number of likely N-dealkylation sites (tertiary alicyclic amines) is 1. The Balaban J connectivity index is 1.95. The number of benzene rings is 1. The van der Waals surface area contributed by atoms with E-state index in [1.54, 1.807) is 25.3 Å². The average Bonchev–Trinajstić information content (AvgIpc) is 2.38. The molecule has 1 unspecified atom stereocenters. The number of piperidine rings is 1. The topological polar surface area (TPSA) is 41.6 Å². The van der Waals surface area contributed by atoms with Gasteiger partial charge in [0.25, 0.3) is 0 Å². The van der Waals surface area contributed by atoms with Crippen molar-refractivity contribution in [3.05, 3.63) is 23.2 Å². The minimum atomic E-state index is 0.0193. The second-order valence-corrected chi connectivity index (χ2v) is 5.80. The molecule has 1 atom stereocenters. The number of rotatable bonds is 4. The van der Waals surface area contributed by atoms with Crippen molar-refractivity contribution in [1.82, 2.24) is 4.90 Å². The van der Waals surface area contributed by atoms with Gasteiger partial charge in [-0.15, -0.1) is 0 Å². The van der Waals surface area contributed by atoms with E-state index in [2.05, 4.69) is 17.3 Å². The zero-order valence-corrected chi connectivity index (χ0v) is 12.7. The number of anilines is 1. The van der Waals surface area contributed by atoms with Gasteiger partial charge < -0.3 is 15.0 Å². The predicted molar refractivity (Wildman–Crippen MR) is 81.5 cm³/mol. The zero-order valence-electron chi connectivity index (χ0n) is 12.0. The molecule has 1 saturated heterocycles. The standard InChI is InChI=1S/C15H21ClN2O2/c1-18-7-3-4-11(10-18)8-15(19)17-13-9-12(16)5-6-14(13)20-2/h5-6,9,11H,3-4,7-8,10H2,1-2H3,(H,17,19). The summed E-state index contributed by atoms with van der Waals surface area (Å²) in [5.41, 5.74) is 0.633. The van der Waals surface area contributed by atoms with E-state index in [9.17, 15) is 4.79 Å². The number of carbonyl (C=O) groups excluding carboxylic acids is 1. The molecule has 1 N–H and O–H groups in total. The first kappa shape index (κ1) is 15.1. The smallest absolute Gasteiger partial charge is 0.224 e. The van der Waals surface area contributed by atoms with E-state index in [0.717, 1.165) is 25.9 Å². The molecule has 0 aromatic heterocycles. The minimum absolute atomic E-state index is 0.0193. The Hall–Kier alpha value is -1.26. The van der Waals surface area contributed by atoms with Gasteiger partial charge in [-0.25, -0.2) is 0 Å². The van der Waals surface area contributed by atoms with Crippen LogP contribution < -0.4 is 10.1 Å². The summed E-state index contributed by atoms with van der Waals surface area (Å²) in [6, 6.07) is 5.21. The van der Waals surface area contributed by atoms with Crippen molar-refractivity contribution in [3.63, 3.8) is 0 Å². The van der Waals surface area contributed by atoms with E-state index in [1.165, 1.54) is 0 Å². The molecule has 1 heterocycles. The van der Waals surface area contributed by atoms with Crippen molar-refractivity contribution >= 4 is 23.2 Å². The highest BCUT2D eigenvalue weighted by Crippen LogP contribution is 2.28. The van der Waals surface area contributed by atoms with Crippen molar-refractivity contribution in [2.75, 3.05) is 32.6 Å². The number of halogens is 1. The summed E-state index contributed by atoms with van der Waals surface area (Å²) in [5, 5.41) is 3.48. The first-order chi connectivity index (χ1) is 9.58. The molecule has 1 aromatic carbocycles. The number of amides is 1. The monoisotopic (exact) mass is 296 g/mol. The molecule has 1 amide bonds. The van der Waals surface area contributed by atoms with Crippen LogP contribution in [-0.4, -0.2) is 38.1 Å². The Kier molecular flexibility index (Phi) is 5.26. The maximum Gasteiger partial charge on any atom is 0.224 e. The third kappa shape index (κ3) is 4.12. The highest BCUT2D eigenvalue weighted by Gasteiger charge is 2.20. The summed E-state index contributed by atoms with van der Waals surface area (Å²) in [6.45, 7) is 2.11. The largest absolute Gasteiger partial charge is 0.495 e. The van der Waals surface area contributed by atoms with Gasteiger partial charge in [0.1, 0.15) is 5.75 Å². The molecule has 1 fully saturated rings. The molecule has 0 aliphatic carbocycles. The fraction of sp³-hybridized carbons (Fsp3) is 0.533. The fourth-order valence-electron chi connectivity index (χ4n) is 2.68. The van der Waals surface area contributed by atoms with Crippen molar-refractivity contribution in [2.45, 2.75) is 19.3 Å². The molecule has 1 aliphatic heterocycles. The van der Waals surface area contributed by atoms with Crippen LogP contribution in [0.5, 0.6) is 5.75 Å². The molecule has 5 heteroatoms. The van der Waals surface area contributed by atoms with E-state index in [-0.39, 0.29) is 5.91 Å². The molecule has 0 saturated carbocycles. The van der Waals surface area contributed by atoms with Gasteiger partial charge in [-0.2, -0.15) is 0 Å². The lowest BCUT2D eigenvalue weighted by Gasteiger charge is -2.29. The van der Waals surface area contributed by atoms with Crippen LogP contribution in [-0.2, 0) is 4.79 Å². The van der Waals surface area contributed by atoms with Crippen LogP contribution in [0.2, 0.25) is 5.02 Å². The Morgan fingerprint density at radius 2 is 2.35 bits per heavy atom. The van der Waals surface area contributed by atoms with Gasteiger partial charge in [-0.05, 0) is 50.6 Å².